The van der Waals surface area contributed by atoms with E-state index in [-0.39, 0.29) is 6.10 Å². The molecular formula is C17H26ClNO. The van der Waals surface area contributed by atoms with E-state index in [0.29, 0.717) is 5.92 Å². The molecule has 0 amide bonds. The molecule has 0 saturated heterocycles. The second-order valence-electron chi connectivity index (χ2n) is 5.75. The molecule has 112 valence electrons. The quantitative estimate of drug-likeness (QED) is 0.816. The fraction of sp³-hybridized carbons (Fsp3) is 0.647. The second-order valence-corrected chi connectivity index (χ2v) is 6.19. The summed E-state index contributed by atoms with van der Waals surface area (Å²) in [5, 5.41) is 4.14. The molecule has 20 heavy (non-hydrogen) atoms. The number of rotatable bonds is 6. The number of hydrogen-bond donors (Lipinski definition) is 1. The monoisotopic (exact) mass is 295 g/mol. The summed E-state index contributed by atoms with van der Waals surface area (Å²) in [6, 6.07) is 6.07. The molecule has 2 nitrogen and oxygen atoms in total. The highest BCUT2D eigenvalue weighted by Crippen LogP contribution is 2.39. The molecule has 1 atom stereocenters. The Kier molecular flexibility index (Phi) is 6.18. The van der Waals surface area contributed by atoms with Gasteiger partial charge in [0.15, 0.2) is 0 Å². The van der Waals surface area contributed by atoms with E-state index in [1.165, 1.54) is 37.7 Å². The van der Waals surface area contributed by atoms with Crippen LogP contribution in [0, 0.1) is 0 Å². The van der Waals surface area contributed by atoms with E-state index in [2.05, 4.69) is 25.2 Å². The molecule has 1 aliphatic rings. The molecular weight excluding hydrogens is 270 g/mol. The molecule has 1 N–H and O–H groups in total. The number of hydrogen-bond acceptors (Lipinski definition) is 2. The minimum atomic E-state index is 0.179. The summed E-state index contributed by atoms with van der Waals surface area (Å²) >= 11 is 6.19. The third-order valence-corrected chi connectivity index (χ3v) is 4.26. The van der Waals surface area contributed by atoms with Crippen LogP contribution >= 0.6 is 11.6 Å². The lowest BCUT2D eigenvalue weighted by Crippen LogP contribution is -2.29. The van der Waals surface area contributed by atoms with Gasteiger partial charge in [0.05, 0.1) is 0 Å². The fourth-order valence-electron chi connectivity index (χ4n) is 2.97. The van der Waals surface area contributed by atoms with Gasteiger partial charge in [0.1, 0.15) is 11.9 Å². The molecule has 1 aromatic carbocycles. The molecule has 1 saturated carbocycles. The molecule has 0 bridgehead atoms. The van der Waals surface area contributed by atoms with Crippen LogP contribution in [0.3, 0.4) is 0 Å². The van der Waals surface area contributed by atoms with E-state index < -0.39 is 0 Å². The maximum Gasteiger partial charge on any atom is 0.123 e. The van der Waals surface area contributed by atoms with Crippen LogP contribution in [0.2, 0.25) is 5.02 Å². The number of nitrogens with one attached hydrogen (secondary N) is 1. The average molecular weight is 296 g/mol. The molecule has 0 aromatic heterocycles. The molecule has 0 radical (unpaired) electrons. The maximum absolute atomic E-state index is 6.19. The lowest BCUT2D eigenvalue weighted by atomic mass is 9.83. The molecule has 1 fully saturated rings. The van der Waals surface area contributed by atoms with Gasteiger partial charge in [0.25, 0.3) is 0 Å². The summed E-state index contributed by atoms with van der Waals surface area (Å²) in [6.45, 7) is 6.08. The fourth-order valence-corrected chi connectivity index (χ4v) is 3.15. The second kappa shape index (κ2) is 7.90. The van der Waals surface area contributed by atoms with Gasteiger partial charge in [-0.1, -0.05) is 37.8 Å². The first-order valence-corrected chi connectivity index (χ1v) is 8.25. The lowest BCUT2D eigenvalue weighted by Gasteiger charge is -2.26. The van der Waals surface area contributed by atoms with Crippen molar-refractivity contribution in [1.29, 1.82) is 0 Å². The Hall–Kier alpha value is -0.730. The third-order valence-electron chi connectivity index (χ3n) is 4.03. The van der Waals surface area contributed by atoms with E-state index in [4.69, 9.17) is 16.3 Å². The number of halogens is 1. The van der Waals surface area contributed by atoms with Crippen LogP contribution in [-0.2, 0) is 0 Å². The van der Waals surface area contributed by atoms with E-state index in [1.807, 2.05) is 12.1 Å². The van der Waals surface area contributed by atoms with Crippen LogP contribution in [-0.4, -0.2) is 19.2 Å². The van der Waals surface area contributed by atoms with E-state index in [1.54, 1.807) is 0 Å². The van der Waals surface area contributed by atoms with Crippen LogP contribution in [0.1, 0.15) is 57.4 Å². The van der Waals surface area contributed by atoms with Crippen molar-refractivity contribution in [2.45, 2.75) is 58.0 Å². The predicted molar refractivity (Wildman–Crippen MR) is 85.9 cm³/mol. The predicted octanol–water partition coefficient (Wildman–Crippen LogP) is 4.76. The molecule has 1 aliphatic carbocycles. The standard InChI is InChI=1S/C17H26ClNO/c1-3-19-12-13(2)20-17-10-9-15(18)11-16(17)14-7-5-4-6-8-14/h9-11,13-14,19H,3-8,12H2,1-2H3. The Morgan fingerprint density at radius 3 is 2.75 bits per heavy atom. The van der Waals surface area contributed by atoms with E-state index in [9.17, 15) is 0 Å². The van der Waals surface area contributed by atoms with Crippen molar-refractivity contribution in [3.05, 3.63) is 28.8 Å². The van der Waals surface area contributed by atoms with Gasteiger partial charge in [0.2, 0.25) is 0 Å². The first-order valence-electron chi connectivity index (χ1n) is 7.87. The topological polar surface area (TPSA) is 21.3 Å². The lowest BCUT2D eigenvalue weighted by molar-refractivity contribution is 0.214. The summed E-state index contributed by atoms with van der Waals surface area (Å²) in [7, 11) is 0. The van der Waals surface area contributed by atoms with Gasteiger partial charge in [-0.3, -0.25) is 0 Å². The largest absolute Gasteiger partial charge is 0.489 e. The zero-order valence-electron chi connectivity index (χ0n) is 12.6. The summed E-state index contributed by atoms with van der Waals surface area (Å²) in [4.78, 5) is 0. The van der Waals surface area contributed by atoms with Crippen LogP contribution in [0.25, 0.3) is 0 Å². The number of likely N-dealkylation sites (N-methyl/N-ethyl adjacent to an activating group) is 1. The van der Waals surface area contributed by atoms with Crippen molar-refractivity contribution in [2.75, 3.05) is 13.1 Å². The smallest absolute Gasteiger partial charge is 0.123 e. The van der Waals surface area contributed by atoms with Gasteiger partial charge in [-0.2, -0.15) is 0 Å². The summed E-state index contributed by atoms with van der Waals surface area (Å²) in [5.74, 6) is 1.63. The van der Waals surface area contributed by atoms with Gasteiger partial charge < -0.3 is 10.1 Å². The molecule has 2 rings (SSSR count). The zero-order valence-corrected chi connectivity index (χ0v) is 13.4. The average Bonchev–Trinajstić information content (AvgIpc) is 2.48. The van der Waals surface area contributed by atoms with Crippen molar-refractivity contribution < 1.29 is 4.74 Å². The molecule has 1 aromatic rings. The van der Waals surface area contributed by atoms with Crippen molar-refractivity contribution in [2.24, 2.45) is 0 Å². The highest BCUT2D eigenvalue weighted by Gasteiger charge is 2.20. The van der Waals surface area contributed by atoms with Crippen LogP contribution in [0.5, 0.6) is 5.75 Å². The molecule has 1 unspecified atom stereocenters. The Morgan fingerprint density at radius 2 is 2.05 bits per heavy atom. The van der Waals surface area contributed by atoms with Crippen LogP contribution in [0.4, 0.5) is 0 Å². The minimum absolute atomic E-state index is 0.179. The van der Waals surface area contributed by atoms with Gasteiger partial charge in [-0.25, -0.2) is 0 Å². The summed E-state index contributed by atoms with van der Waals surface area (Å²) < 4.78 is 6.13. The van der Waals surface area contributed by atoms with E-state index >= 15 is 0 Å². The van der Waals surface area contributed by atoms with Gasteiger partial charge in [-0.15, -0.1) is 0 Å². The first kappa shape index (κ1) is 15.7. The minimum Gasteiger partial charge on any atom is -0.489 e. The zero-order chi connectivity index (χ0) is 14.4. The SMILES string of the molecule is CCNCC(C)Oc1ccc(Cl)cc1C1CCCCC1. The Bertz CT molecular complexity index is 415. The third kappa shape index (κ3) is 4.39. The normalized spacial score (nSPS) is 17.9. The van der Waals surface area contributed by atoms with Crippen molar-refractivity contribution in [1.82, 2.24) is 5.32 Å². The van der Waals surface area contributed by atoms with E-state index in [0.717, 1.165) is 23.9 Å². The first-order chi connectivity index (χ1) is 9.70. The molecule has 3 heteroatoms. The summed E-state index contributed by atoms with van der Waals surface area (Å²) in [6.07, 6.45) is 6.71. The highest BCUT2D eigenvalue weighted by atomic mass is 35.5. The Morgan fingerprint density at radius 1 is 1.30 bits per heavy atom. The van der Waals surface area contributed by atoms with Gasteiger partial charge in [-0.05, 0) is 56.0 Å². The molecule has 0 spiro atoms. The summed E-state index contributed by atoms with van der Waals surface area (Å²) in [5.41, 5.74) is 1.31. The highest BCUT2D eigenvalue weighted by molar-refractivity contribution is 6.30. The maximum atomic E-state index is 6.19. The molecule has 0 aliphatic heterocycles. The number of ether oxygens (including phenoxy) is 1. The Balaban J connectivity index is 2.10. The van der Waals surface area contributed by atoms with Crippen molar-refractivity contribution in [3.8, 4) is 5.75 Å². The van der Waals surface area contributed by atoms with Crippen molar-refractivity contribution >= 4 is 11.6 Å². The van der Waals surface area contributed by atoms with Crippen LogP contribution in [0.15, 0.2) is 18.2 Å². The molecule has 0 heterocycles. The van der Waals surface area contributed by atoms with Crippen LogP contribution < -0.4 is 10.1 Å². The van der Waals surface area contributed by atoms with Gasteiger partial charge in [0, 0.05) is 11.6 Å². The van der Waals surface area contributed by atoms with Gasteiger partial charge >= 0.3 is 0 Å². The van der Waals surface area contributed by atoms with Crippen molar-refractivity contribution in [3.63, 3.8) is 0 Å². The number of benzene rings is 1. The Labute approximate surface area is 127 Å².